The van der Waals surface area contributed by atoms with Crippen LogP contribution < -0.4 is 19.7 Å². The molecule has 1 aromatic heterocycles. The van der Waals surface area contributed by atoms with Crippen molar-refractivity contribution in [2.75, 3.05) is 12.0 Å². The highest BCUT2D eigenvalue weighted by atomic mass is 19.4. The fraction of sp³-hybridized carbons (Fsp3) is 0.125. The number of carbonyl (C=O) groups excluding carboxylic acids is 1. The number of amides is 1. The molecule has 2 heterocycles. The number of carbonyl (C=O) groups is 1. The number of alkyl halides is 3. The molecule has 0 fully saturated rings. The van der Waals surface area contributed by atoms with Gasteiger partial charge in [-0.1, -0.05) is 18.7 Å². The highest BCUT2D eigenvalue weighted by Gasteiger charge is 2.31. The van der Waals surface area contributed by atoms with Gasteiger partial charge in [0.2, 0.25) is 0 Å². The molecule has 33 heavy (non-hydrogen) atoms. The molecule has 0 unspecified atom stereocenters. The Morgan fingerprint density at radius 1 is 1.09 bits per heavy atom. The van der Waals surface area contributed by atoms with E-state index in [9.17, 15) is 18.0 Å². The van der Waals surface area contributed by atoms with Crippen molar-refractivity contribution >= 4 is 23.5 Å². The van der Waals surface area contributed by atoms with Crippen molar-refractivity contribution in [3.63, 3.8) is 0 Å². The molecule has 3 aromatic rings. The minimum atomic E-state index is -4.77. The average molecular weight is 455 g/mol. The highest BCUT2D eigenvalue weighted by Crippen LogP contribution is 2.37. The van der Waals surface area contributed by atoms with Crippen molar-refractivity contribution in [1.82, 2.24) is 10.3 Å². The number of H-pyrrole nitrogens is 1. The lowest BCUT2D eigenvalue weighted by Crippen LogP contribution is -2.23. The second-order valence-corrected chi connectivity index (χ2v) is 7.22. The van der Waals surface area contributed by atoms with Gasteiger partial charge in [-0.05, 0) is 60.2 Å². The van der Waals surface area contributed by atoms with E-state index in [2.05, 4.69) is 21.6 Å². The summed E-state index contributed by atoms with van der Waals surface area (Å²) in [4.78, 5) is 17.5. The zero-order valence-electron chi connectivity index (χ0n) is 17.6. The zero-order valence-corrected chi connectivity index (χ0v) is 17.6. The van der Waals surface area contributed by atoms with Crippen LogP contribution in [0, 0.1) is 0 Å². The predicted molar refractivity (Wildman–Crippen MR) is 118 cm³/mol. The van der Waals surface area contributed by atoms with Gasteiger partial charge in [-0.15, -0.1) is 13.2 Å². The number of ether oxygens (including phenoxy) is 2. The van der Waals surface area contributed by atoms with Gasteiger partial charge in [0.15, 0.2) is 0 Å². The van der Waals surface area contributed by atoms with Gasteiger partial charge in [0.25, 0.3) is 5.91 Å². The maximum absolute atomic E-state index is 12.7. The Morgan fingerprint density at radius 3 is 2.55 bits per heavy atom. The van der Waals surface area contributed by atoms with Gasteiger partial charge in [0.05, 0.1) is 7.11 Å². The van der Waals surface area contributed by atoms with Crippen LogP contribution >= 0.6 is 0 Å². The van der Waals surface area contributed by atoms with Gasteiger partial charge in [-0.25, -0.2) is 0 Å². The molecular formula is C24H20F3N3O3. The van der Waals surface area contributed by atoms with Crippen LogP contribution in [-0.2, 0) is 6.54 Å². The first-order valence-corrected chi connectivity index (χ1v) is 9.90. The van der Waals surface area contributed by atoms with E-state index >= 15 is 0 Å². The monoisotopic (exact) mass is 455 g/mol. The highest BCUT2D eigenvalue weighted by molar-refractivity contribution is 5.96. The first kappa shape index (κ1) is 22.1. The molecule has 0 radical (unpaired) electrons. The van der Waals surface area contributed by atoms with E-state index < -0.39 is 6.36 Å². The van der Waals surface area contributed by atoms with Crippen LogP contribution in [0.15, 0.2) is 72.9 Å². The number of nitrogens with zero attached hydrogens (tertiary/aromatic N) is 1. The van der Waals surface area contributed by atoms with Crippen molar-refractivity contribution in [2.45, 2.75) is 12.9 Å². The molecule has 1 aliphatic rings. The number of aromatic nitrogens is 1. The third-order valence-electron chi connectivity index (χ3n) is 4.95. The molecule has 2 N–H and O–H groups in total. The summed E-state index contributed by atoms with van der Waals surface area (Å²) in [5.41, 5.74) is 3.10. The summed E-state index contributed by atoms with van der Waals surface area (Å²) < 4.78 is 46.4. The van der Waals surface area contributed by atoms with E-state index in [1.807, 2.05) is 30.3 Å². The number of anilines is 2. The number of allylic oxidation sites excluding steroid dienone is 1. The molecular weight excluding hydrogens is 435 g/mol. The van der Waals surface area contributed by atoms with Crippen LogP contribution in [-0.4, -0.2) is 24.4 Å². The molecule has 0 aliphatic carbocycles. The smallest absolute Gasteiger partial charge is 0.497 e. The molecule has 0 spiro atoms. The Morgan fingerprint density at radius 2 is 1.85 bits per heavy atom. The number of benzene rings is 2. The van der Waals surface area contributed by atoms with Gasteiger partial charge >= 0.3 is 6.36 Å². The van der Waals surface area contributed by atoms with Crippen molar-refractivity contribution in [3.8, 4) is 11.5 Å². The number of nitrogens with one attached hydrogen (secondary N) is 2. The van der Waals surface area contributed by atoms with E-state index in [-0.39, 0.29) is 11.7 Å². The van der Waals surface area contributed by atoms with Crippen molar-refractivity contribution < 1.29 is 27.4 Å². The van der Waals surface area contributed by atoms with Crippen molar-refractivity contribution in [1.29, 1.82) is 0 Å². The van der Waals surface area contributed by atoms with Gasteiger partial charge < -0.3 is 19.8 Å². The Kier molecular flexibility index (Phi) is 5.87. The van der Waals surface area contributed by atoms with Gasteiger partial charge in [0.1, 0.15) is 23.0 Å². The Labute approximate surface area is 187 Å². The van der Waals surface area contributed by atoms with E-state index in [1.165, 1.54) is 24.3 Å². The predicted octanol–water partition coefficient (Wildman–Crippen LogP) is 5.53. The number of fused-ring (bicyclic) bond motifs is 1. The van der Waals surface area contributed by atoms with E-state index in [0.29, 0.717) is 35.2 Å². The Balaban J connectivity index is 1.52. The molecule has 0 saturated carbocycles. The van der Waals surface area contributed by atoms with Crippen LogP contribution in [0.25, 0.3) is 6.08 Å². The van der Waals surface area contributed by atoms with Gasteiger partial charge in [-0.2, -0.15) is 0 Å². The standard InChI is InChI=1S/C24H20F3N3O3/c1-15-6-7-17-13-21(23(31)28-14-16-4-3-5-20(12-16)32-2)29-22(17)30(15)18-8-10-19(11-9-18)33-24(25,26)27/h3-13,29H,1,14H2,2H3,(H,28,31). The normalized spacial score (nSPS) is 13.0. The number of hydrogen-bond donors (Lipinski definition) is 2. The number of rotatable bonds is 6. The van der Waals surface area contributed by atoms with Crippen LogP contribution in [0.4, 0.5) is 24.7 Å². The van der Waals surface area contributed by atoms with Crippen molar-refractivity contribution in [3.05, 3.63) is 89.8 Å². The van der Waals surface area contributed by atoms with E-state index in [4.69, 9.17) is 4.74 Å². The lowest BCUT2D eigenvalue weighted by molar-refractivity contribution is -0.274. The fourth-order valence-corrected chi connectivity index (χ4v) is 3.45. The largest absolute Gasteiger partial charge is 0.573 e. The molecule has 0 atom stereocenters. The molecule has 1 aliphatic heterocycles. The number of aromatic amines is 1. The van der Waals surface area contributed by atoms with Crippen LogP contribution in [0.1, 0.15) is 21.6 Å². The van der Waals surface area contributed by atoms with E-state index in [1.54, 1.807) is 24.2 Å². The maximum Gasteiger partial charge on any atom is 0.573 e. The second-order valence-electron chi connectivity index (χ2n) is 7.22. The molecule has 170 valence electrons. The molecule has 1 amide bonds. The minimum Gasteiger partial charge on any atom is -0.497 e. The van der Waals surface area contributed by atoms with Crippen LogP contribution in [0.5, 0.6) is 11.5 Å². The molecule has 2 aromatic carbocycles. The lowest BCUT2D eigenvalue weighted by Gasteiger charge is -2.27. The number of halogens is 3. The molecule has 6 nitrogen and oxygen atoms in total. The maximum atomic E-state index is 12.7. The minimum absolute atomic E-state index is 0.305. The summed E-state index contributed by atoms with van der Waals surface area (Å²) in [5, 5.41) is 2.86. The number of methoxy groups -OCH3 is 1. The summed E-state index contributed by atoms with van der Waals surface area (Å²) in [7, 11) is 1.57. The van der Waals surface area contributed by atoms with Gasteiger partial charge in [0, 0.05) is 23.5 Å². The second kappa shape index (κ2) is 8.78. The summed E-state index contributed by atoms with van der Waals surface area (Å²) in [6.45, 7) is 4.31. The average Bonchev–Trinajstić information content (AvgIpc) is 3.22. The number of hydrogen-bond acceptors (Lipinski definition) is 4. The molecule has 0 bridgehead atoms. The first-order valence-electron chi connectivity index (χ1n) is 9.90. The summed E-state index contributed by atoms with van der Waals surface area (Å²) >= 11 is 0. The van der Waals surface area contributed by atoms with Crippen molar-refractivity contribution in [2.24, 2.45) is 0 Å². The summed E-state index contributed by atoms with van der Waals surface area (Å²) in [6.07, 6.45) is -1.20. The molecule has 0 saturated heterocycles. The van der Waals surface area contributed by atoms with Gasteiger partial charge in [-0.3, -0.25) is 9.69 Å². The SMILES string of the molecule is C=C1C=Cc2cc(C(=O)NCc3cccc(OC)c3)[nH]c2N1c1ccc(OC(F)(F)F)cc1. The third kappa shape index (κ3) is 5.03. The Bertz CT molecular complexity index is 1210. The molecule has 9 heteroatoms. The quantitative estimate of drug-likeness (QED) is 0.513. The topological polar surface area (TPSA) is 66.6 Å². The van der Waals surface area contributed by atoms with E-state index in [0.717, 1.165) is 11.1 Å². The summed E-state index contributed by atoms with van der Waals surface area (Å²) in [6, 6.07) is 14.5. The van der Waals surface area contributed by atoms with Crippen LogP contribution in [0.3, 0.4) is 0 Å². The van der Waals surface area contributed by atoms with Crippen LogP contribution in [0.2, 0.25) is 0 Å². The zero-order chi connectivity index (χ0) is 23.6. The first-order chi connectivity index (χ1) is 15.7. The molecule has 4 rings (SSSR count). The lowest BCUT2D eigenvalue weighted by atomic mass is 10.1. The summed E-state index contributed by atoms with van der Waals surface area (Å²) in [5.74, 6) is 0.649. The Hall–Kier alpha value is -4.14. The third-order valence-corrected chi connectivity index (χ3v) is 4.95. The fourth-order valence-electron chi connectivity index (χ4n) is 3.45.